The third kappa shape index (κ3) is 4.35. The Kier molecular flexibility index (Phi) is 5.06. The van der Waals surface area contributed by atoms with Crippen LogP contribution in [0.2, 0.25) is 0 Å². The fourth-order valence-electron chi connectivity index (χ4n) is 1.74. The van der Waals surface area contributed by atoms with Gasteiger partial charge < -0.3 is 19.8 Å². The Balaban J connectivity index is 1.66. The summed E-state index contributed by atoms with van der Waals surface area (Å²) in [7, 11) is 1.63. The molecule has 0 spiro atoms. The Morgan fingerprint density at radius 3 is 2.60 bits per heavy atom. The van der Waals surface area contributed by atoms with E-state index in [1.807, 2.05) is 30.3 Å². The summed E-state index contributed by atoms with van der Waals surface area (Å²) in [6.07, 6.45) is 4.06. The number of hydrogen-bond acceptors (Lipinski definition) is 3. The summed E-state index contributed by atoms with van der Waals surface area (Å²) < 4.78 is 10.0. The minimum atomic E-state index is -0.177. The summed E-state index contributed by atoms with van der Waals surface area (Å²) in [4.78, 5) is 11.6. The lowest BCUT2D eigenvalue weighted by Gasteiger charge is -2.07. The molecule has 0 aliphatic rings. The van der Waals surface area contributed by atoms with Crippen LogP contribution in [0.15, 0.2) is 47.3 Å². The van der Waals surface area contributed by atoms with Crippen molar-refractivity contribution in [2.45, 2.75) is 13.0 Å². The second-order valence-corrected chi connectivity index (χ2v) is 4.34. The average Bonchev–Trinajstić information content (AvgIpc) is 2.99. The van der Waals surface area contributed by atoms with Crippen molar-refractivity contribution in [3.8, 4) is 5.75 Å². The van der Waals surface area contributed by atoms with Gasteiger partial charge in [-0.05, 0) is 35.7 Å². The molecule has 2 amide bonds. The van der Waals surface area contributed by atoms with Crippen molar-refractivity contribution in [1.82, 2.24) is 10.6 Å². The number of benzene rings is 1. The number of rotatable bonds is 6. The molecular weight excluding hydrogens is 256 g/mol. The molecular formula is C15H18N2O3. The van der Waals surface area contributed by atoms with Crippen molar-refractivity contribution in [2.75, 3.05) is 13.7 Å². The molecule has 0 fully saturated rings. The molecule has 1 aromatic heterocycles. The maximum absolute atomic E-state index is 11.6. The molecule has 0 aliphatic carbocycles. The molecule has 0 saturated heterocycles. The lowest BCUT2D eigenvalue weighted by Crippen LogP contribution is -2.36. The van der Waals surface area contributed by atoms with Crippen LogP contribution in [-0.2, 0) is 13.0 Å². The number of ether oxygens (including phenoxy) is 1. The van der Waals surface area contributed by atoms with Gasteiger partial charge in [-0.15, -0.1) is 0 Å². The highest BCUT2D eigenvalue weighted by molar-refractivity contribution is 5.73. The van der Waals surface area contributed by atoms with Gasteiger partial charge in [0.05, 0.1) is 19.6 Å². The van der Waals surface area contributed by atoms with Gasteiger partial charge in [0.15, 0.2) is 0 Å². The molecule has 2 aromatic rings. The lowest BCUT2D eigenvalue weighted by atomic mass is 10.2. The molecule has 2 N–H and O–H groups in total. The summed E-state index contributed by atoms with van der Waals surface area (Å²) in [5, 5.41) is 5.60. The lowest BCUT2D eigenvalue weighted by molar-refractivity contribution is 0.240. The normalized spacial score (nSPS) is 10.1. The molecule has 20 heavy (non-hydrogen) atoms. The van der Waals surface area contributed by atoms with Crippen LogP contribution < -0.4 is 15.4 Å². The minimum absolute atomic E-state index is 0.177. The summed E-state index contributed by atoms with van der Waals surface area (Å²) in [5.41, 5.74) is 2.09. The van der Waals surface area contributed by atoms with Gasteiger partial charge in [-0.25, -0.2) is 4.79 Å². The first-order valence-electron chi connectivity index (χ1n) is 6.43. The number of methoxy groups -OCH3 is 1. The van der Waals surface area contributed by atoms with Crippen LogP contribution in [0.25, 0.3) is 0 Å². The highest BCUT2D eigenvalue weighted by Gasteiger charge is 2.01. The van der Waals surface area contributed by atoms with E-state index >= 15 is 0 Å². The second-order valence-electron chi connectivity index (χ2n) is 4.34. The van der Waals surface area contributed by atoms with Gasteiger partial charge in [-0.2, -0.15) is 0 Å². The highest BCUT2D eigenvalue weighted by atomic mass is 16.5. The van der Waals surface area contributed by atoms with E-state index in [-0.39, 0.29) is 6.03 Å². The zero-order valence-electron chi connectivity index (χ0n) is 11.4. The van der Waals surface area contributed by atoms with Crippen LogP contribution >= 0.6 is 0 Å². The summed E-state index contributed by atoms with van der Waals surface area (Å²) in [6.45, 7) is 1.06. The van der Waals surface area contributed by atoms with Crippen LogP contribution in [0.3, 0.4) is 0 Å². The van der Waals surface area contributed by atoms with Crippen LogP contribution in [-0.4, -0.2) is 19.7 Å². The van der Waals surface area contributed by atoms with Gasteiger partial charge in [0, 0.05) is 13.1 Å². The number of urea groups is 1. The molecule has 0 saturated carbocycles. The highest BCUT2D eigenvalue weighted by Crippen LogP contribution is 2.10. The fraction of sp³-hybridized carbons (Fsp3) is 0.267. The number of carbonyl (C=O) groups is 1. The standard InChI is InChI=1S/C15H18N2O3/c1-19-14-4-2-12(3-5-14)10-17-15(18)16-8-6-13-7-9-20-11-13/h2-5,7,9,11H,6,8,10H2,1H3,(H2,16,17,18). The first-order valence-corrected chi connectivity index (χ1v) is 6.43. The summed E-state index contributed by atoms with van der Waals surface area (Å²) in [6, 6.07) is 9.29. The van der Waals surface area contributed by atoms with E-state index in [2.05, 4.69) is 10.6 Å². The first-order chi connectivity index (χ1) is 9.78. The average molecular weight is 274 g/mol. The number of furan rings is 1. The van der Waals surface area contributed by atoms with E-state index in [0.717, 1.165) is 23.3 Å². The predicted molar refractivity (Wildman–Crippen MR) is 75.6 cm³/mol. The van der Waals surface area contributed by atoms with Crippen molar-refractivity contribution < 1.29 is 13.9 Å². The van der Waals surface area contributed by atoms with E-state index in [1.165, 1.54) is 0 Å². The van der Waals surface area contributed by atoms with Crippen molar-refractivity contribution in [1.29, 1.82) is 0 Å². The van der Waals surface area contributed by atoms with Crippen molar-refractivity contribution in [3.05, 3.63) is 54.0 Å². The molecule has 0 aliphatic heterocycles. The molecule has 0 radical (unpaired) electrons. The van der Waals surface area contributed by atoms with Gasteiger partial charge in [0.25, 0.3) is 0 Å². The zero-order chi connectivity index (χ0) is 14.2. The zero-order valence-corrected chi connectivity index (χ0v) is 11.4. The number of carbonyl (C=O) groups excluding carboxylic acids is 1. The summed E-state index contributed by atoms with van der Waals surface area (Å²) >= 11 is 0. The molecule has 0 atom stereocenters. The summed E-state index contributed by atoms with van der Waals surface area (Å²) in [5.74, 6) is 0.804. The second kappa shape index (κ2) is 7.23. The smallest absolute Gasteiger partial charge is 0.315 e. The Hall–Kier alpha value is -2.43. The minimum Gasteiger partial charge on any atom is -0.497 e. The number of amides is 2. The van der Waals surface area contributed by atoms with Gasteiger partial charge >= 0.3 is 6.03 Å². The fourth-order valence-corrected chi connectivity index (χ4v) is 1.74. The number of nitrogens with one attached hydrogen (secondary N) is 2. The molecule has 106 valence electrons. The number of hydrogen-bond donors (Lipinski definition) is 2. The maximum atomic E-state index is 11.6. The molecule has 1 heterocycles. The maximum Gasteiger partial charge on any atom is 0.315 e. The molecule has 5 nitrogen and oxygen atoms in total. The molecule has 0 unspecified atom stereocenters. The van der Waals surface area contributed by atoms with Gasteiger partial charge in [0.1, 0.15) is 5.75 Å². The topological polar surface area (TPSA) is 63.5 Å². The van der Waals surface area contributed by atoms with E-state index in [0.29, 0.717) is 13.1 Å². The van der Waals surface area contributed by atoms with Crippen LogP contribution in [0.5, 0.6) is 5.75 Å². The quantitative estimate of drug-likeness (QED) is 0.849. The molecule has 1 aromatic carbocycles. The Morgan fingerprint density at radius 2 is 1.95 bits per heavy atom. The van der Waals surface area contributed by atoms with Crippen LogP contribution in [0.1, 0.15) is 11.1 Å². The van der Waals surface area contributed by atoms with Gasteiger partial charge in [0.2, 0.25) is 0 Å². The Labute approximate surface area is 117 Å². The van der Waals surface area contributed by atoms with Gasteiger partial charge in [-0.1, -0.05) is 12.1 Å². The SMILES string of the molecule is COc1ccc(CNC(=O)NCCc2ccoc2)cc1. The Bertz CT molecular complexity index is 521. The van der Waals surface area contributed by atoms with E-state index in [9.17, 15) is 4.79 Å². The third-order valence-corrected chi connectivity index (χ3v) is 2.89. The predicted octanol–water partition coefficient (Wildman–Crippen LogP) is 2.33. The monoisotopic (exact) mass is 274 g/mol. The molecule has 5 heteroatoms. The van der Waals surface area contributed by atoms with Crippen LogP contribution in [0.4, 0.5) is 4.79 Å². The molecule has 2 rings (SSSR count). The van der Waals surface area contributed by atoms with Crippen molar-refractivity contribution in [2.24, 2.45) is 0 Å². The molecule has 0 bridgehead atoms. The van der Waals surface area contributed by atoms with Crippen molar-refractivity contribution in [3.63, 3.8) is 0 Å². The van der Waals surface area contributed by atoms with E-state index in [1.54, 1.807) is 19.6 Å². The van der Waals surface area contributed by atoms with Gasteiger partial charge in [-0.3, -0.25) is 0 Å². The van der Waals surface area contributed by atoms with E-state index in [4.69, 9.17) is 9.15 Å². The van der Waals surface area contributed by atoms with Crippen LogP contribution in [0, 0.1) is 0 Å². The third-order valence-electron chi connectivity index (χ3n) is 2.89. The van der Waals surface area contributed by atoms with Crippen molar-refractivity contribution >= 4 is 6.03 Å². The Morgan fingerprint density at radius 1 is 1.15 bits per heavy atom. The first kappa shape index (κ1) is 14.0. The van der Waals surface area contributed by atoms with E-state index < -0.39 is 0 Å². The largest absolute Gasteiger partial charge is 0.497 e.